The number of halogens is 2. The van der Waals surface area contributed by atoms with E-state index in [2.05, 4.69) is 20.4 Å². The van der Waals surface area contributed by atoms with Crippen LogP contribution in [0.15, 0.2) is 30.7 Å². The summed E-state index contributed by atoms with van der Waals surface area (Å²) in [5.41, 5.74) is 2.70. The number of hydrogen-bond acceptors (Lipinski definition) is 5. The molecule has 2 bridgehead atoms. The van der Waals surface area contributed by atoms with E-state index in [9.17, 15) is 13.6 Å². The molecule has 3 fully saturated rings. The molecule has 1 saturated heterocycles. The fourth-order valence-electron chi connectivity index (χ4n) is 4.69. The van der Waals surface area contributed by atoms with Gasteiger partial charge >= 0.3 is 0 Å². The van der Waals surface area contributed by atoms with Crippen molar-refractivity contribution in [1.82, 2.24) is 24.6 Å². The summed E-state index contributed by atoms with van der Waals surface area (Å²) in [7, 11) is 0. The summed E-state index contributed by atoms with van der Waals surface area (Å²) in [4.78, 5) is 23.2. The maximum atomic E-state index is 13.4. The van der Waals surface area contributed by atoms with E-state index in [0.29, 0.717) is 18.4 Å². The quantitative estimate of drug-likeness (QED) is 0.813. The van der Waals surface area contributed by atoms with Gasteiger partial charge in [0.1, 0.15) is 5.92 Å². The molecule has 0 aromatic carbocycles. The lowest BCUT2D eigenvalue weighted by Gasteiger charge is -2.34. The van der Waals surface area contributed by atoms with Crippen LogP contribution in [-0.2, 0) is 4.79 Å². The summed E-state index contributed by atoms with van der Waals surface area (Å²) >= 11 is 0. The van der Waals surface area contributed by atoms with Gasteiger partial charge in [-0.3, -0.25) is 9.48 Å². The lowest BCUT2D eigenvalue weighted by Crippen LogP contribution is -2.44. The summed E-state index contributed by atoms with van der Waals surface area (Å²) in [5, 5.41) is 7.57. The summed E-state index contributed by atoms with van der Waals surface area (Å²) in [6.45, 7) is 0. The topological polar surface area (TPSA) is 75.9 Å². The van der Waals surface area contributed by atoms with Crippen molar-refractivity contribution >= 4 is 23.1 Å². The van der Waals surface area contributed by atoms with Crippen LogP contribution >= 0.6 is 0 Å². The van der Waals surface area contributed by atoms with Gasteiger partial charge in [-0.05, 0) is 43.7 Å². The predicted octanol–water partition coefficient (Wildman–Crippen LogP) is 3.55. The first-order chi connectivity index (χ1) is 14.5. The van der Waals surface area contributed by atoms with Crippen LogP contribution in [0.25, 0.3) is 5.57 Å². The molecule has 1 amide bonds. The third-order valence-electron chi connectivity index (χ3n) is 6.54. The summed E-state index contributed by atoms with van der Waals surface area (Å²) in [6.07, 6.45) is 11.8. The molecule has 0 spiro atoms. The SMILES string of the molecule is O=C(C1CC1(F)F)N1C2C=C(c3ccnc(Nc4cnn(C5CC5)c4)n3)CC1CC2. The lowest BCUT2D eigenvalue weighted by molar-refractivity contribution is -0.137. The Bertz CT molecular complexity index is 1050. The summed E-state index contributed by atoms with van der Waals surface area (Å²) in [6, 6.07) is 2.22. The number of aromatic nitrogens is 4. The summed E-state index contributed by atoms with van der Waals surface area (Å²) in [5.74, 6) is -3.84. The van der Waals surface area contributed by atoms with Crippen LogP contribution in [0.2, 0.25) is 0 Å². The zero-order chi connectivity index (χ0) is 20.5. The Hall–Kier alpha value is -2.84. The first-order valence-corrected chi connectivity index (χ1v) is 10.5. The molecule has 4 aliphatic rings. The maximum Gasteiger partial charge on any atom is 0.260 e. The Morgan fingerprint density at radius 1 is 1.20 bits per heavy atom. The van der Waals surface area contributed by atoms with Crippen molar-refractivity contribution in [2.75, 3.05) is 5.32 Å². The maximum absolute atomic E-state index is 13.4. The molecule has 0 radical (unpaired) electrons. The van der Waals surface area contributed by atoms with Crippen LogP contribution in [0.5, 0.6) is 0 Å². The molecule has 156 valence electrons. The normalized spacial score (nSPS) is 28.9. The largest absolute Gasteiger partial charge is 0.332 e. The van der Waals surface area contributed by atoms with Crippen molar-refractivity contribution in [2.24, 2.45) is 5.92 Å². The minimum atomic E-state index is -2.82. The second-order valence-corrected chi connectivity index (χ2v) is 8.79. The van der Waals surface area contributed by atoms with Crippen LogP contribution in [0, 0.1) is 5.92 Å². The molecule has 2 aromatic rings. The van der Waals surface area contributed by atoms with Gasteiger partial charge in [0.05, 0.1) is 29.7 Å². The minimum Gasteiger partial charge on any atom is -0.332 e. The van der Waals surface area contributed by atoms with Crippen molar-refractivity contribution < 1.29 is 13.6 Å². The molecule has 2 saturated carbocycles. The molecular formula is C21H22F2N6O. The van der Waals surface area contributed by atoms with Crippen LogP contribution < -0.4 is 5.32 Å². The Morgan fingerprint density at radius 3 is 2.73 bits per heavy atom. The van der Waals surface area contributed by atoms with Gasteiger partial charge in [-0.25, -0.2) is 18.7 Å². The van der Waals surface area contributed by atoms with E-state index in [1.807, 2.05) is 23.0 Å². The Kier molecular flexibility index (Phi) is 3.79. The van der Waals surface area contributed by atoms with E-state index in [4.69, 9.17) is 0 Å². The number of nitrogens with one attached hydrogen (secondary N) is 1. The Balaban J connectivity index is 1.20. The van der Waals surface area contributed by atoms with Crippen molar-refractivity contribution in [1.29, 1.82) is 0 Å². The number of hydrogen-bond donors (Lipinski definition) is 1. The number of carbonyl (C=O) groups is 1. The average molecular weight is 412 g/mol. The van der Waals surface area contributed by atoms with E-state index in [0.717, 1.165) is 29.8 Å². The van der Waals surface area contributed by atoms with Gasteiger partial charge in [-0.15, -0.1) is 0 Å². The van der Waals surface area contributed by atoms with Gasteiger partial charge in [0, 0.05) is 24.9 Å². The molecule has 2 aliphatic carbocycles. The Morgan fingerprint density at radius 2 is 2.00 bits per heavy atom. The number of fused-ring (bicyclic) bond motifs is 2. The standard InChI is InChI=1S/C21H22F2N6O/c22-21(23)9-17(21)19(30)29-15-3-4-16(29)8-12(7-15)18-5-6-24-20(27-18)26-13-10-25-28(11-13)14-1-2-14/h5-7,10-11,14-17H,1-4,8-9H2,(H,24,26,27). The van der Waals surface area contributed by atoms with Crippen molar-refractivity contribution in [3.63, 3.8) is 0 Å². The van der Waals surface area contributed by atoms with Gasteiger partial charge in [0.2, 0.25) is 11.9 Å². The third kappa shape index (κ3) is 3.07. The zero-order valence-electron chi connectivity index (χ0n) is 16.3. The van der Waals surface area contributed by atoms with E-state index >= 15 is 0 Å². The molecule has 2 aromatic heterocycles. The van der Waals surface area contributed by atoms with Gasteiger partial charge < -0.3 is 10.2 Å². The van der Waals surface area contributed by atoms with Gasteiger partial charge in [-0.2, -0.15) is 5.10 Å². The first-order valence-electron chi connectivity index (χ1n) is 10.5. The van der Waals surface area contributed by atoms with Crippen molar-refractivity contribution in [3.05, 3.63) is 36.4 Å². The molecule has 1 N–H and O–H groups in total. The monoisotopic (exact) mass is 412 g/mol. The molecule has 3 unspecified atom stereocenters. The molecule has 3 atom stereocenters. The van der Waals surface area contributed by atoms with Gasteiger partial charge in [-0.1, -0.05) is 6.08 Å². The molecule has 4 heterocycles. The third-order valence-corrected chi connectivity index (χ3v) is 6.54. The van der Waals surface area contributed by atoms with Crippen molar-refractivity contribution in [2.45, 2.75) is 62.6 Å². The van der Waals surface area contributed by atoms with Crippen LogP contribution in [0.1, 0.15) is 50.3 Å². The number of carbonyl (C=O) groups excluding carboxylic acids is 1. The second kappa shape index (κ2) is 6.33. The predicted molar refractivity (Wildman–Crippen MR) is 105 cm³/mol. The first kappa shape index (κ1) is 18.0. The highest BCUT2D eigenvalue weighted by atomic mass is 19.3. The molecule has 30 heavy (non-hydrogen) atoms. The number of anilines is 2. The summed E-state index contributed by atoms with van der Waals surface area (Å²) < 4.78 is 28.8. The highest BCUT2D eigenvalue weighted by Gasteiger charge is 2.63. The zero-order valence-corrected chi connectivity index (χ0v) is 16.3. The van der Waals surface area contributed by atoms with E-state index in [-0.39, 0.29) is 24.4 Å². The average Bonchev–Trinajstić information content (AvgIpc) is 3.61. The smallest absolute Gasteiger partial charge is 0.260 e. The molecule has 7 nitrogen and oxygen atoms in total. The fourth-order valence-corrected chi connectivity index (χ4v) is 4.69. The highest BCUT2D eigenvalue weighted by molar-refractivity contribution is 5.85. The Labute approximate surface area is 172 Å². The molecule has 6 rings (SSSR count). The molecule has 9 heteroatoms. The number of nitrogens with zero attached hydrogens (tertiary/aromatic N) is 5. The van der Waals surface area contributed by atoms with E-state index in [1.54, 1.807) is 17.3 Å². The lowest BCUT2D eigenvalue weighted by atomic mass is 9.98. The van der Waals surface area contributed by atoms with Crippen LogP contribution in [0.4, 0.5) is 20.4 Å². The minimum absolute atomic E-state index is 0.0259. The van der Waals surface area contributed by atoms with Crippen LogP contribution in [-0.4, -0.2) is 48.6 Å². The molecular weight excluding hydrogens is 390 g/mol. The second-order valence-electron chi connectivity index (χ2n) is 8.79. The van der Waals surface area contributed by atoms with Gasteiger partial charge in [0.25, 0.3) is 5.92 Å². The van der Waals surface area contributed by atoms with Crippen molar-refractivity contribution in [3.8, 4) is 0 Å². The van der Waals surface area contributed by atoms with Crippen LogP contribution in [0.3, 0.4) is 0 Å². The number of amides is 1. The number of alkyl halides is 2. The van der Waals surface area contributed by atoms with Gasteiger partial charge in [0.15, 0.2) is 0 Å². The molecule has 2 aliphatic heterocycles. The highest BCUT2D eigenvalue weighted by Crippen LogP contribution is 2.51. The van der Waals surface area contributed by atoms with E-state index in [1.165, 1.54) is 12.8 Å². The van der Waals surface area contributed by atoms with E-state index < -0.39 is 11.8 Å². The fraction of sp³-hybridized carbons (Fsp3) is 0.524. The number of rotatable bonds is 5.